The van der Waals surface area contributed by atoms with E-state index in [1.807, 2.05) is 0 Å². The fourth-order valence-electron chi connectivity index (χ4n) is 4.43. The van der Waals surface area contributed by atoms with Crippen LogP contribution >= 0.6 is 0 Å². The molecule has 0 aliphatic carbocycles. The van der Waals surface area contributed by atoms with E-state index in [1.165, 1.54) is 32.4 Å². The zero-order chi connectivity index (χ0) is 31.5. The van der Waals surface area contributed by atoms with Crippen molar-refractivity contribution in [3.63, 3.8) is 0 Å². The highest BCUT2D eigenvalue weighted by molar-refractivity contribution is 7.92. The van der Waals surface area contributed by atoms with Crippen molar-refractivity contribution < 1.29 is 41.3 Å². The molecular weight excluding hydrogens is 600 g/mol. The number of amides is 1. The first-order chi connectivity index (χ1) is 21.0. The van der Waals surface area contributed by atoms with Gasteiger partial charge in [0, 0.05) is 30.7 Å². The number of aliphatic hydroxyl groups is 1. The SMILES string of the molecule is COc1cc(Nc2nc3ccccc3nc2NS(=O)(=O)c2cccc(C(=O)N3CC(F)(F)C3)c2)c(OCCCO)c(OC)c1. The highest BCUT2D eigenvalue weighted by Gasteiger charge is 2.46. The summed E-state index contributed by atoms with van der Waals surface area (Å²) >= 11 is 0. The largest absolute Gasteiger partial charge is 0.497 e. The highest BCUT2D eigenvalue weighted by atomic mass is 32.2. The van der Waals surface area contributed by atoms with Gasteiger partial charge in [0.25, 0.3) is 21.9 Å². The number of carbonyl (C=O) groups excluding carboxylic acids is 1. The number of hydrogen-bond donors (Lipinski definition) is 3. The first kappa shape index (κ1) is 30.7. The van der Waals surface area contributed by atoms with Gasteiger partial charge in [0.15, 0.2) is 23.1 Å². The van der Waals surface area contributed by atoms with Crippen LogP contribution in [0.4, 0.5) is 26.1 Å². The molecule has 0 spiro atoms. The van der Waals surface area contributed by atoms with Crippen LogP contribution in [0.1, 0.15) is 16.8 Å². The van der Waals surface area contributed by atoms with Gasteiger partial charge in [-0.2, -0.15) is 0 Å². The van der Waals surface area contributed by atoms with Crippen LogP contribution in [0, 0.1) is 0 Å². The molecular formula is C29H29F2N5O7S. The lowest BCUT2D eigenvalue weighted by Crippen LogP contribution is -2.58. The molecule has 1 amide bonds. The van der Waals surface area contributed by atoms with Crippen molar-refractivity contribution in [2.45, 2.75) is 17.2 Å². The van der Waals surface area contributed by atoms with Crippen LogP contribution in [0.15, 0.2) is 65.6 Å². The number of benzene rings is 3. The molecule has 44 heavy (non-hydrogen) atoms. The molecule has 1 fully saturated rings. The van der Waals surface area contributed by atoms with E-state index in [2.05, 4.69) is 20.0 Å². The second kappa shape index (κ2) is 12.5. The van der Waals surface area contributed by atoms with E-state index >= 15 is 0 Å². The molecule has 0 radical (unpaired) electrons. The second-order valence-electron chi connectivity index (χ2n) is 9.82. The van der Waals surface area contributed by atoms with Crippen molar-refractivity contribution in [1.29, 1.82) is 0 Å². The molecule has 5 rings (SSSR count). The molecule has 1 saturated heterocycles. The van der Waals surface area contributed by atoms with Gasteiger partial charge >= 0.3 is 0 Å². The van der Waals surface area contributed by atoms with Gasteiger partial charge in [0.05, 0.1) is 55.5 Å². The lowest BCUT2D eigenvalue weighted by molar-refractivity contribution is -0.113. The summed E-state index contributed by atoms with van der Waals surface area (Å²) in [5.74, 6) is -2.88. The quantitative estimate of drug-likeness (QED) is 0.196. The fraction of sp³-hybridized carbons (Fsp3) is 0.276. The third-order valence-corrected chi connectivity index (χ3v) is 7.95. The minimum atomic E-state index is -4.36. The summed E-state index contributed by atoms with van der Waals surface area (Å²) in [6, 6.07) is 15.1. The molecule has 0 bridgehead atoms. The molecule has 1 aromatic heterocycles. The molecule has 232 valence electrons. The maximum absolute atomic E-state index is 13.6. The van der Waals surface area contributed by atoms with Crippen molar-refractivity contribution in [2.24, 2.45) is 0 Å². The first-order valence-electron chi connectivity index (χ1n) is 13.4. The number of carbonyl (C=O) groups is 1. The molecule has 3 N–H and O–H groups in total. The number of likely N-dealkylation sites (tertiary alicyclic amines) is 1. The molecule has 0 unspecified atom stereocenters. The van der Waals surface area contributed by atoms with Crippen molar-refractivity contribution in [1.82, 2.24) is 14.9 Å². The number of nitrogens with zero attached hydrogens (tertiary/aromatic N) is 3. The Bertz CT molecular complexity index is 1800. The van der Waals surface area contributed by atoms with Crippen LogP contribution in [0.5, 0.6) is 17.2 Å². The number of aliphatic hydroxyl groups excluding tert-OH is 1. The van der Waals surface area contributed by atoms with Gasteiger partial charge in [-0.25, -0.2) is 27.2 Å². The molecule has 4 aromatic rings. The Hall–Kier alpha value is -4.76. The third kappa shape index (κ3) is 6.58. The number of halogens is 2. The average Bonchev–Trinajstić information content (AvgIpc) is 3.00. The highest BCUT2D eigenvalue weighted by Crippen LogP contribution is 2.42. The summed E-state index contributed by atoms with van der Waals surface area (Å²) in [6.45, 7) is -1.41. The zero-order valence-electron chi connectivity index (χ0n) is 23.7. The van der Waals surface area contributed by atoms with E-state index < -0.39 is 34.9 Å². The third-order valence-electron chi connectivity index (χ3n) is 6.61. The summed E-state index contributed by atoms with van der Waals surface area (Å²) in [5, 5.41) is 12.3. The molecule has 15 heteroatoms. The van der Waals surface area contributed by atoms with Crippen LogP contribution in [0.25, 0.3) is 11.0 Å². The zero-order valence-corrected chi connectivity index (χ0v) is 24.5. The number of sulfonamides is 1. The standard InChI is InChI=1S/C29H29F2N5O7S/c1-41-19-14-23(25(24(15-19)42-2)43-12-6-11-37)34-26-27(33-22-10-4-3-9-21(22)32-26)35-44(39,40)20-8-5-7-18(13-20)28(38)36-16-29(30,31)17-36/h3-5,7-10,13-15,37H,6,11-12,16-17H2,1-2H3,(H,32,34)(H,33,35). The van der Waals surface area contributed by atoms with E-state index in [-0.39, 0.29) is 41.1 Å². The van der Waals surface area contributed by atoms with E-state index in [9.17, 15) is 27.1 Å². The van der Waals surface area contributed by atoms with Gasteiger partial charge in [-0.3, -0.25) is 9.52 Å². The average molecular weight is 630 g/mol. The smallest absolute Gasteiger partial charge is 0.282 e. The fourth-order valence-corrected chi connectivity index (χ4v) is 5.49. The Morgan fingerprint density at radius 3 is 2.34 bits per heavy atom. The van der Waals surface area contributed by atoms with Gasteiger partial charge < -0.3 is 29.5 Å². The maximum Gasteiger partial charge on any atom is 0.282 e. The van der Waals surface area contributed by atoms with Crippen LogP contribution < -0.4 is 24.2 Å². The van der Waals surface area contributed by atoms with E-state index in [1.54, 1.807) is 36.4 Å². The predicted molar refractivity (Wildman–Crippen MR) is 158 cm³/mol. The number of anilines is 3. The van der Waals surface area contributed by atoms with E-state index in [0.29, 0.717) is 34.6 Å². The number of aromatic nitrogens is 2. The molecule has 2 heterocycles. The lowest BCUT2D eigenvalue weighted by atomic mass is 10.1. The van der Waals surface area contributed by atoms with Gasteiger partial charge in [-0.15, -0.1) is 0 Å². The van der Waals surface area contributed by atoms with Crippen LogP contribution in [-0.4, -0.2) is 80.7 Å². The Morgan fingerprint density at radius 1 is 1.00 bits per heavy atom. The summed E-state index contributed by atoms with van der Waals surface area (Å²) in [4.78, 5) is 22.4. The Balaban J connectivity index is 1.52. The number of hydrogen-bond acceptors (Lipinski definition) is 10. The topological polar surface area (TPSA) is 152 Å². The van der Waals surface area contributed by atoms with Crippen LogP contribution in [0.2, 0.25) is 0 Å². The van der Waals surface area contributed by atoms with E-state index in [0.717, 1.165) is 11.0 Å². The van der Waals surface area contributed by atoms with Gasteiger partial charge in [-0.1, -0.05) is 18.2 Å². The summed E-state index contributed by atoms with van der Waals surface area (Å²) in [7, 11) is -1.45. The number of methoxy groups -OCH3 is 2. The first-order valence-corrected chi connectivity index (χ1v) is 14.9. The van der Waals surface area contributed by atoms with E-state index in [4.69, 9.17) is 14.2 Å². The molecule has 0 saturated carbocycles. The number of fused-ring (bicyclic) bond motifs is 1. The van der Waals surface area contributed by atoms with Crippen LogP contribution in [0.3, 0.4) is 0 Å². The second-order valence-corrected chi connectivity index (χ2v) is 11.5. The van der Waals surface area contributed by atoms with Crippen molar-refractivity contribution in [3.8, 4) is 17.2 Å². The Kier molecular flexibility index (Phi) is 8.69. The number of nitrogens with one attached hydrogen (secondary N) is 2. The summed E-state index contributed by atoms with van der Waals surface area (Å²) in [6.07, 6.45) is 0.344. The van der Waals surface area contributed by atoms with Gasteiger partial charge in [0.1, 0.15) is 5.75 Å². The number of para-hydroxylation sites is 2. The molecule has 12 nitrogen and oxygen atoms in total. The number of alkyl halides is 2. The van der Waals surface area contributed by atoms with Crippen molar-refractivity contribution >= 4 is 44.3 Å². The minimum absolute atomic E-state index is 0.00429. The maximum atomic E-state index is 13.6. The Labute approximate surface area is 251 Å². The predicted octanol–water partition coefficient (Wildman–Crippen LogP) is 4.04. The molecule has 0 atom stereocenters. The molecule has 3 aromatic carbocycles. The minimum Gasteiger partial charge on any atom is -0.497 e. The van der Waals surface area contributed by atoms with Crippen LogP contribution in [-0.2, 0) is 10.0 Å². The summed E-state index contributed by atoms with van der Waals surface area (Å²) in [5.41, 5.74) is 1.10. The molecule has 1 aliphatic rings. The molecule has 1 aliphatic heterocycles. The van der Waals surface area contributed by atoms with Gasteiger partial charge in [-0.05, 0) is 30.3 Å². The van der Waals surface area contributed by atoms with Gasteiger partial charge in [0.2, 0.25) is 0 Å². The summed E-state index contributed by atoms with van der Waals surface area (Å²) < 4.78 is 73.0. The normalized spacial score (nSPS) is 14.1. The monoisotopic (exact) mass is 629 g/mol. The van der Waals surface area contributed by atoms with Crippen molar-refractivity contribution in [2.75, 3.05) is 50.6 Å². The van der Waals surface area contributed by atoms with Crippen molar-refractivity contribution in [3.05, 3.63) is 66.2 Å². The number of rotatable bonds is 12. The lowest BCUT2D eigenvalue weighted by Gasteiger charge is -2.38. The Morgan fingerprint density at radius 2 is 1.70 bits per heavy atom. The number of ether oxygens (including phenoxy) is 3.